The number of nitrogens with one attached hydrogen (secondary N) is 2. The molecule has 0 radical (unpaired) electrons. The zero-order chi connectivity index (χ0) is 27.4. The second-order valence-electron chi connectivity index (χ2n) is 8.74. The van der Waals surface area contributed by atoms with Gasteiger partial charge in [0.1, 0.15) is 0 Å². The summed E-state index contributed by atoms with van der Waals surface area (Å²) in [6, 6.07) is 12.4. The van der Waals surface area contributed by atoms with Gasteiger partial charge in [0.15, 0.2) is 5.84 Å². The van der Waals surface area contributed by atoms with Crippen molar-refractivity contribution in [2.75, 3.05) is 24.2 Å². The van der Waals surface area contributed by atoms with Crippen molar-refractivity contribution in [3.63, 3.8) is 0 Å². The maximum Gasteiger partial charge on any atom is 0.312 e. The number of allylic oxidation sites excluding steroid dienone is 2. The van der Waals surface area contributed by atoms with Crippen LogP contribution >= 0.6 is 0 Å². The van der Waals surface area contributed by atoms with Crippen LogP contribution in [0.25, 0.3) is 5.57 Å². The number of amidine groups is 1. The topological polar surface area (TPSA) is 69.1 Å². The zero-order valence-electron chi connectivity index (χ0n) is 22.5. The number of unbranched alkanes of at least 4 members (excludes halogenated alkanes) is 1. The van der Waals surface area contributed by atoms with E-state index in [4.69, 9.17) is 0 Å². The van der Waals surface area contributed by atoms with E-state index in [-0.39, 0.29) is 5.91 Å². The van der Waals surface area contributed by atoms with Gasteiger partial charge in [-0.3, -0.25) is 9.79 Å². The number of carbonyl (C=O) groups is 1. The predicted octanol–water partition coefficient (Wildman–Crippen LogP) is 7.37. The number of nitrogens with zero attached hydrogens (tertiary/aromatic N) is 3. The molecule has 0 saturated heterocycles. The van der Waals surface area contributed by atoms with Gasteiger partial charge in [-0.25, -0.2) is 4.99 Å². The summed E-state index contributed by atoms with van der Waals surface area (Å²) < 4.78 is 25.0. The van der Waals surface area contributed by atoms with Crippen molar-refractivity contribution < 1.29 is 13.6 Å². The lowest BCUT2D eigenvalue weighted by Gasteiger charge is -2.18. The van der Waals surface area contributed by atoms with E-state index in [2.05, 4.69) is 27.5 Å². The molecular formula is C29H37F2N5O. The van der Waals surface area contributed by atoms with Crippen molar-refractivity contribution in [2.24, 2.45) is 9.98 Å². The number of hydrogen-bond donors (Lipinski definition) is 2. The highest BCUT2D eigenvalue weighted by Crippen LogP contribution is 2.19. The van der Waals surface area contributed by atoms with Gasteiger partial charge in [-0.1, -0.05) is 31.6 Å². The van der Waals surface area contributed by atoms with Crippen LogP contribution in [-0.2, 0) is 0 Å². The highest BCUT2D eigenvalue weighted by Gasteiger charge is 2.14. The second-order valence-corrected chi connectivity index (χ2v) is 8.74. The predicted molar refractivity (Wildman–Crippen MR) is 152 cm³/mol. The lowest BCUT2D eigenvalue weighted by molar-refractivity contribution is 0.0792. The summed E-state index contributed by atoms with van der Waals surface area (Å²) in [4.78, 5) is 23.6. The standard InChI is InChI=1S/C29H37F2N5O/c1-7-9-17-36(6)28(37)26-15-14-25(18-20(26)3)34-27(32-16-8-2)22(5)33-19-21(4)23-10-12-24(13-11-23)35-29(30)31/h8,10-16,18-19,29,35H,7,9,17H2,1-6H3,(H,32,34)/b16-8-,21-19+,33-22?. The molecule has 1 amide bonds. The Bertz CT molecular complexity index is 1170. The first-order valence-electron chi connectivity index (χ1n) is 12.3. The molecule has 37 heavy (non-hydrogen) atoms. The average molecular weight is 510 g/mol. The number of alkyl halides is 2. The molecule has 0 spiro atoms. The van der Waals surface area contributed by atoms with Crippen LogP contribution in [0.2, 0.25) is 0 Å². The third-order valence-electron chi connectivity index (χ3n) is 5.68. The fraction of sp³-hybridized carbons (Fsp3) is 0.345. The molecule has 0 heterocycles. The summed E-state index contributed by atoms with van der Waals surface area (Å²) in [6.45, 7) is 7.78. The summed E-state index contributed by atoms with van der Waals surface area (Å²) in [6.07, 6.45) is 7.23. The molecule has 198 valence electrons. The fourth-order valence-corrected chi connectivity index (χ4v) is 3.47. The molecular weight excluding hydrogens is 472 g/mol. The molecule has 2 aromatic carbocycles. The Hall–Kier alpha value is -3.81. The van der Waals surface area contributed by atoms with Crippen LogP contribution in [-0.4, -0.2) is 42.5 Å². The lowest BCUT2D eigenvalue weighted by atomic mass is 10.1. The Labute approximate surface area is 218 Å². The van der Waals surface area contributed by atoms with Gasteiger partial charge in [-0.2, -0.15) is 8.78 Å². The summed E-state index contributed by atoms with van der Waals surface area (Å²) in [7, 11) is 1.83. The van der Waals surface area contributed by atoms with Crippen molar-refractivity contribution in [2.45, 2.75) is 54.0 Å². The summed E-state index contributed by atoms with van der Waals surface area (Å²) in [5.74, 6) is 0.578. The number of aliphatic imine (C=N–C) groups is 2. The van der Waals surface area contributed by atoms with Gasteiger partial charge in [-0.05, 0) is 81.1 Å². The number of carbonyl (C=O) groups excluding carboxylic acids is 1. The Balaban J connectivity index is 2.21. The van der Waals surface area contributed by atoms with Crippen LogP contribution in [0.3, 0.4) is 0 Å². The average Bonchev–Trinajstić information content (AvgIpc) is 2.87. The van der Waals surface area contributed by atoms with Crippen molar-refractivity contribution in [1.82, 2.24) is 4.90 Å². The van der Waals surface area contributed by atoms with E-state index in [0.29, 0.717) is 22.8 Å². The minimum Gasteiger partial charge on any atom is -0.342 e. The summed E-state index contributed by atoms with van der Waals surface area (Å²) in [5.41, 5.74) is 5.10. The van der Waals surface area contributed by atoms with Crippen LogP contribution < -0.4 is 10.6 Å². The van der Waals surface area contributed by atoms with Crippen molar-refractivity contribution >= 4 is 34.4 Å². The molecule has 8 heteroatoms. The van der Waals surface area contributed by atoms with Crippen LogP contribution in [0, 0.1) is 6.92 Å². The molecule has 0 bridgehead atoms. The van der Waals surface area contributed by atoms with Crippen LogP contribution in [0.5, 0.6) is 0 Å². The van der Waals surface area contributed by atoms with E-state index < -0.39 is 6.55 Å². The SMILES string of the molecule is C/C=C\N=C(Nc1ccc(C(=O)N(C)CCCC)c(C)c1)C(C)=N/C=C(\C)c1ccc(NC(F)F)cc1. The number of anilines is 2. The van der Waals surface area contributed by atoms with E-state index in [1.807, 2.05) is 59.0 Å². The first-order valence-corrected chi connectivity index (χ1v) is 12.3. The number of aryl methyl sites for hydroxylation is 1. The van der Waals surface area contributed by atoms with Gasteiger partial charge >= 0.3 is 6.55 Å². The number of rotatable bonds is 11. The van der Waals surface area contributed by atoms with Crippen molar-refractivity contribution in [3.05, 3.63) is 77.6 Å². The molecule has 0 aliphatic heterocycles. The van der Waals surface area contributed by atoms with Crippen LogP contribution in [0.15, 0.2) is 70.9 Å². The van der Waals surface area contributed by atoms with Gasteiger partial charge < -0.3 is 15.5 Å². The number of benzene rings is 2. The highest BCUT2D eigenvalue weighted by molar-refractivity contribution is 6.45. The smallest absolute Gasteiger partial charge is 0.312 e. The zero-order valence-corrected chi connectivity index (χ0v) is 22.5. The van der Waals surface area contributed by atoms with E-state index >= 15 is 0 Å². The van der Waals surface area contributed by atoms with E-state index in [9.17, 15) is 13.6 Å². The minimum atomic E-state index is -2.61. The van der Waals surface area contributed by atoms with E-state index in [1.165, 1.54) is 0 Å². The molecule has 0 atom stereocenters. The molecule has 2 N–H and O–H groups in total. The normalized spacial score (nSPS) is 12.8. The Morgan fingerprint density at radius 2 is 1.76 bits per heavy atom. The molecule has 0 aliphatic rings. The quantitative estimate of drug-likeness (QED) is 0.189. The van der Waals surface area contributed by atoms with Crippen LogP contribution in [0.1, 0.15) is 62.0 Å². The first kappa shape index (κ1) is 29.4. The van der Waals surface area contributed by atoms with Gasteiger partial charge in [0.2, 0.25) is 0 Å². The minimum absolute atomic E-state index is 0.0108. The third-order valence-corrected chi connectivity index (χ3v) is 5.68. The monoisotopic (exact) mass is 509 g/mol. The van der Waals surface area contributed by atoms with Gasteiger partial charge in [0.05, 0.1) is 5.71 Å². The van der Waals surface area contributed by atoms with E-state index in [1.54, 1.807) is 41.6 Å². The second kappa shape index (κ2) is 14.7. The molecule has 0 fully saturated rings. The molecule has 0 aliphatic carbocycles. The van der Waals surface area contributed by atoms with Crippen molar-refractivity contribution in [3.8, 4) is 0 Å². The maximum absolute atomic E-state index is 12.8. The van der Waals surface area contributed by atoms with Crippen molar-refractivity contribution in [1.29, 1.82) is 0 Å². The molecule has 6 nitrogen and oxygen atoms in total. The van der Waals surface area contributed by atoms with E-state index in [0.717, 1.165) is 41.8 Å². The molecule has 2 aromatic rings. The summed E-state index contributed by atoms with van der Waals surface area (Å²) in [5, 5.41) is 5.38. The third kappa shape index (κ3) is 9.29. The van der Waals surface area contributed by atoms with Crippen LogP contribution in [0.4, 0.5) is 20.2 Å². The number of halogens is 2. The lowest BCUT2D eigenvalue weighted by Crippen LogP contribution is -2.28. The number of amides is 1. The molecule has 2 rings (SSSR count). The van der Waals surface area contributed by atoms with Gasteiger partial charge in [0, 0.05) is 42.9 Å². The Kier molecular flexibility index (Phi) is 11.7. The summed E-state index contributed by atoms with van der Waals surface area (Å²) >= 11 is 0. The maximum atomic E-state index is 12.8. The fourth-order valence-electron chi connectivity index (χ4n) is 3.47. The molecule has 0 aromatic heterocycles. The first-order chi connectivity index (χ1) is 17.7. The van der Waals surface area contributed by atoms with Gasteiger partial charge in [-0.15, -0.1) is 0 Å². The Morgan fingerprint density at radius 1 is 1.08 bits per heavy atom. The highest BCUT2D eigenvalue weighted by atomic mass is 19.3. The number of hydrogen-bond acceptors (Lipinski definition) is 4. The van der Waals surface area contributed by atoms with Gasteiger partial charge in [0.25, 0.3) is 5.91 Å². The molecule has 0 unspecified atom stereocenters. The largest absolute Gasteiger partial charge is 0.342 e. The molecule has 0 saturated carbocycles. The Morgan fingerprint density at radius 3 is 2.35 bits per heavy atom.